The first-order valence-electron chi connectivity index (χ1n) is 11.9. The summed E-state index contributed by atoms with van der Waals surface area (Å²) in [5.41, 5.74) is 19.2. The summed E-state index contributed by atoms with van der Waals surface area (Å²) in [6.07, 6.45) is 2.46. The number of carbonyl (C=O) groups is 4. The molecule has 11 heteroatoms. The Labute approximate surface area is 213 Å². The van der Waals surface area contributed by atoms with Gasteiger partial charge in [-0.1, -0.05) is 30.3 Å². The molecule has 0 aliphatic heterocycles. The molecule has 37 heavy (non-hydrogen) atoms. The van der Waals surface area contributed by atoms with Crippen LogP contribution >= 0.6 is 0 Å². The first-order chi connectivity index (χ1) is 17.6. The lowest BCUT2D eigenvalue weighted by atomic mass is 10.0. The van der Waals surface area contributed by atoms with Gasteiger partial charge in [0, 0.05) is 29.9 Å². The molecule has 4 amide bonds. The summed E-state index contributed by atoms with van der Waals surface area (Å²) < 4.78 is 0. The minimum atomic E-state index is -1.13. The van der Waals surface area contributed by atoms with E-state index in [-0.39, 0.29) is 25.0 Å². The van der Waals surface area contributed by atoms with Crippen LogP contribution in [-0.4, -0.2) is 51.8 Å². The SMILES string of the molecule is NC(=O)CC[C@H](NC(=O)[C@H](Cc1c[nH]c2ccccc12)NC(=O)[C@@H](N)CCc1ccc(O)cc1)C(N)=O. The largest absolute Gasteiger partial charge is 0.508 e. The van der Waals surface area contributed by atoms with Gasteiger partial charge in [-0.3, -0.25) is 19.2 Å². The van der Waals surface area contributed by atoms with Gasteiger partial charge in [0.1, 0.15) is 17.8 Å². The first-order valence-corrected chi connectivity index (χ1v) is 11.9. The lowest BCUT2D eigenvalue weighted by Crippen LogP contribution is -2.56. The molecule has 3 rings (SSSR count). The maximum atomic E-state index is 13.2. The second-order valence-corrected chi connectivity index (χ2v) is 8.90. The van der Waals surface area contributed by atoms with E-state index < -0.39 is 41.8 Å². The average molecular weight is 509 g/mol. The van der Waals surface area contributed by atoms with Gasteiger partial charge in [-0.05, 0) is 48.6 Å². The van der Waals surface area contributed by atoms with Gasteiger partial charge in [0.15, 0.2) is 0 Å². The summed E-state index contributed by atoms with van der Waals surface area (Å²) in [6, 6.07) is 11.0. The number of aromatic amines is 1. The summed E-state index contributed by atoms with van der Waals surface area (Å²) in [7, 11) is 0. The standard InChI is InChI=1S/C26H32N6O5/c27-19(10-7-15-5-8-17(33)9-6-15)25(36)32-22(13-16-14-30-20-4-2-1-3-18(16)20)26(37)31-21(24(29)35)11-12-23(28)34/h1-6,8-9,14,19,21-22,30,33H,7,10-13,27H2,(H2,28,34)(H2,29,35)(H,31,37)(H,32,36)/t19-,21-,22-/m0/s1. The summed E-state index contributed by atoms with van der Waals surface area (Å²) in [4.78, 5) is 52.3. The summed E-state index contributed by atoms with van der Waals surface area (Å²) >= 11 is 0. The van der Waals surface area contributed by atoms with E-state index in [1.54, 1.807) is 30.5 Å². The first kappa shape index (κ1) is 27.2. The van der Waals surface area contributed by atoms with Crippen LogP contribution in [0.15, 0.2) is 54.7 Å². The topological polar surface area (TPSA) is 206 Å². The van der Waals surface area contributed by atoms with Gasteiger partial charge in [-0.15, -0.1) is 0 Å². The number of aromatic hydroxyl groups is 1. The number of nitrogens with one attached hydrogen (secondary N) is 3. The van der Waals surface area contributed by atoms with Crippen LogP contribution in [0.1, 0.15) is 30.4 Å². The van der Waals surface area contributed by atoms with E-state index in [2.05, 4.69) is 15.6 Å². The molecule has 3 atom stereocenters. The molecule has 2 aromatic carbocycles. The summed E-state index contributed by atoms with van der Waals surface area (Å²) in [5, 5.41) is 15.5. The number of hydrogen-bond acceptors (Lipinski definition) is 6. The Morgan fingerprint density at radius 2 is 1.57 bits per heavy atom. The molecule has 1 heterocycles. The molecule has 1 aromatic heterocycles. The van der Waals surface area contributed by atoms with E-state index in [0.717, 1.165) is 22.0 Å². The quantitative estimate of drug-likeness (QED) is 0.170. The van der Waals surface area contributed by atoms with Crippen molar-refractivity contribution in [2.24, 2.45) is 17.2 Å². The van der Waals surface area contributed by atoms with Crippen molar-refractivity contribution >= 4 is 34.5 Å². The van der Waals surface area contributed by atoms with Gasteiger partial charge in [0.25, 0.3) is 0 Å². The van der Waals surface area contributed by atoms with E-state index in [1.165, 1.54) is 0 Å². The van der Waals surface area contributed by atoms with E-state index >= 15 is 0 Å². The van der Waals surface area contributed by atoms with Crippen molar-refractivity contribution in [1.82, 2.24) is 15.6 Å². The zero-order valence-corrected chi connectivity index (χ0v) is 20.3. The van der Waals surface area contributed by atoms with Crippen LogP contribution in [-0.2, 0) is 32.0 Å². The third kappa shape index (κ3) is 7.80. The number of rotatable bonds is 13. The monoisotopic (exact) mass is 508 g/mol. The molecular weight excluding hydrogens is 476 g/mol. The Balaban J connectivity index is 1.74. The number of nitrogens with two attached hydrogens (primary N) is 3. The summed E-state index contributed by atoms with van der Waals surface area (Å²) in [6.45, 7) is 0. The smallest absolute Gasteiger partial charge is 0.243 e. The highest BCUT2D eigenvalue weighted by Gasteiger charge is 2.28. The van der Waals surface area contributed by atoms with Crippen LogP contribution in [0.2, 0.25) is 0 Å². The normalized spacial score (nSPS) is 13.4. The van der Waals surface area contributed by atoms with E-state index in [9.17, 15) is 24.3 Å². The molecule has 0 aliphatic carbocycles. The molecule has 196 valence electrons. The number of amides is 4. The average Bonchev–Trinajstić information content (AvgIpc) is 3.27. The fourth-order valence-corrected chi connectivity index (χ4v) is 3.97. The number of fused-ring (bicyclic) bond motifs is 1. The van der Waals surface area contributed by atoms with Crippen molar-refractivity contribution in [3.05, 3.63) is 65.9 Å². The summed E-state index contributed by atoms with van der Waals surface area (Å²) in [5.74, 6) is -2.49. The van der Waals surface area contributed by atoms with Crippen molar-refractivity contribution in [2.75, 3.05) is 0 Å². The highest BCUT2D eigenvalue weighted by molar-refractivity contribution is 5.93. The van der Waals surface area contributed by atoms with E-state index in [0.29, 0.717) is 12.8 Å². The zero-order chi connectivity index (χ0) is 26.9. The lowest BCUT2D eigenvalue weighted by Gasteiger charge is -2.23. The number of aromatic nitrogens is 1. The van der Waals surface area contributed by atoms with Gasteiger partial charge in [0.05, 0.1) is 6.04 Å². The molecule has 0 unspecified atom stereocenters. The van der Waals surface area contributed by atoms with Crippen LogP contribution < -0.4 is 27.8 Å². The van der Waals surface area contributed by atoms with Crippen LogP contribution in [0, 0.1) is 0 Å². The zero-order valence-electron chi connectivity index (χ0n) is 20.3. The highest BCUT2D eigenvalue weighted by Crippen LogP contribution is 2.19. The molecule has 0 bridgehead atoms. The number of H-pyrrole nitrogens is 1. The fraction of sp³-hybridized carbons (Fsp3) is 0.308. The lowest BCUT2D eigenvalue weighted by molar-refractivity contribution is -0.132. The molecule has 3 aromatic rings. The van der Waals surface area contributed by atoms with Gasteiger partial charge >= 0.3 is 0 Å². The molecule has 0 fully saturated rings. The second kappa shape index (κ2) is 12.5. The Kier molecular flexibility index (Phi) is 9.22. The van der Waals surface area contributed by atoms with Crippen molar-refractivity contribution in [3.63, 3.8) is 0 Å². The van der Waals surface area contributed by atoms with Gasteiger partial charge in [-0.2, -0.15) is 0 Å². The Bertz CT molecular complexity index is 1260. The Morgan fingerprint density at radius 3 is 2.24 bits per heavy atom. The van der Waals surface area contributed by atoms with E-state index in [1.807, 2.05) is 24.3 Å². The number of phenols is 1. The van der Waals surface area contributed by atoms with Crippen LogP contribution in [0.5, 0.6) is 5.75 Å². The van der Waals surface area contributed by atoms with Crippen LogP contribution in [0.4, 0.5) is 0 Å². The molecule has 0 spiro atoms. The number of aryl methyl sites for hydroxylation is 1. The number of hydrogen-bond donors (Lipinski definition) is 7. The molecular formula is C26H32N6O5. The van der Waals surface area contributed by atoms with Crippen LogP contribution in [0.25, 0.3) is 10.9 Å². The number of benzene rings is 2. The third-order valence-electron chi connectivity index (χ3n) is 6.09. The van der Waals surface area contributed by atoms with Crippen molar-refractivity contribution < 1.29 is 24.3 Å². The van der Waals surface area contributed by atoms with Gasteiger partial charge < -0.3 is 37.9 Å². The number of primary amides is 2. The minimum Gasteiger partial charge on any atom is -0.508 e. The molecule has 0 radical (unpaired) electrons. The number of carbonyl (C=O) groups excluding carboxylic acids is 4. The minimum absolute atomic E-state index is 0.0592. The Morgan fingerprint density at radius 1 is 0.892 bits per heavy atom. The molecule has 11 nitrogen and oxygen atoms in total. The van der Waals surface area contributed by atoms with Crippen molar-refractivity contribution in [3.8, 4) is 5.75 Å². The van der Waals surface area contributed by atoms with Gasteiger partial charge in [0.2, 0.25) is 23.6 Å². The fourth-order valence-electron chi connectivity index (χ4n) is 3.97. The Hall–Kier alpha value is -4.38. The predicted octanol–water partition coefficient (Wildman–Crippen LogP) is 0.0965. The third-order valence-corrected chi connectivity index (χ3v) is 6.09. The maximum absolute atomic E-state index is 13.2. The van der Waals surface area contributed by atoms with Crippen molar-refractivity contribution in [1.29, 1.82) is 0 Å². The molecule has 0 saturated heterocycles. The highest BCUT2D eigenvalue weighted by atomic mass is 16.3. The molecule has 0 aliphatic rings. The van der Waals surface area contributed by atoms with E-state index in [4.69, 9.17) is 17.2 Å². The predicted molar refractivity (Wildman–Crippen MR) is 138 cm³/mol. The number of para-hydroxylation sites is 1. The van der Waals surface area contributed by atoms with Crippen molar-refractivity contribution in [2.45, 2.75) is 50.2 Å². The second-order valence-electron chi connectivity index (χ2n) is 8.90. The maximum Gasteiger partial charge on any atom is 0.243 e. The van der Waals surface area contributed by atoms with Gasteiger partial charge in [-0.25, -0.2) is 0 Å². The molecule has 10 N–H and O–H groups in total. The number of phenolic OH excluding ortho intramolecular Hbond substituents is 1. The molecule has 0 saturated carbocycles. The van der Waals surface area contributed by atoms with Crippen LogP contribution in [0.3, 0.4) is 0 Å².